The number of rotatable bonds is 4. The molecule has 2 heterocycles. The third-order valence-electron chi connectivity index (χ3n) is 5.14. The number of hydrogen-bond donors (Lipinski definition) is 0. The number of carbonyl (C=O) groups is 1. The van der Waals surface area contributed by atoms with Crippen LogP contribution in [0, 0.1) is 5.82 Å². The Labute approximate surface area is 178 Å². The van der Waals surface area contributed by atoms with E-state index in [9.17, 15) is 14.0 Å². The van der Waals surface area contributed by atoms with E-state index >= 15 is 0 Å². The average Bonchev–Trinajstić information content (AvgIpc) is 2.78. The van der Waals surface area contributed by atoms with E-state index in [0.717, 1.165) is 5.56 Å². The Bertz CT molecular complexity index is 1090. The smallest absolute Gasteiger partial charge is 0.292 e. The van der Waals surface area contributed by atoms with Crippen molar-refractivity contribution in [2.24, 2.45) is 0 Å². The molecule has 1 aliphatic heterocycles. The molecule has 8 heteroatoms. The molecule has 1 amide bonds. The molecule has 0 bridgehead atoms. The van der Waals surface area contributed by atoms with E-state index in [0.29, 0.717) is 37.6 Å². The van der Waals surface area contributed by atoms with Gasteiger partial charge in [0.15, 0.2) is 0 Å². The van der Waals surface area contributed by atoms with E-state index in [1.54, 1.807) is 35.4 Å². The van der Waals surface area contributed by atoms with Crippen LogP contribution in [0.15, 0.2) is 65.6 Å². The van der Waals surface area contributed by atoms with E-state index in [4.69, 9.17) is 11.6 Å². The quantitative estimate of drug-likeness (QED) is 0.643. The lowest BCUT2D eigenvalue weighted by molar-refractivity contribution is -0.130. The van der Waals surface area contributed by atoms with Crippen molar-refractivity contribution in [3.8, 4) is 5.69 Å². The van der Waals surface area contributed by atoms with E-state index in [1.807, 2.05) is 23.1 Å². The van der Waals surface area contributed by atoms with Gasteiger partial charge >= 0.3 is 0 Å². The maximum absolute atomic E-state index is 13.0. The highest BCUT2D eigenvalue weighted by molar-refractivity contribution is 6.33. The van der Waals surface area contributed by atoms with Crippen LogP contribution in [0.1, 0.15) is 5.56 Å². The summed E-state index contributed by atoms with van der Waals surface area (Å²) >= 11 is 6.37. The SMILES string of the molecule is O=C(Cc1ccc(F)cc1)N1CCN(c2cnn(-c3ccccc3)c(=O)c2Cl)CC1. The van der Waals surface area contributed by atoms with Crippen LogP contribution in [0.3, 0.4) is 0 Å². The Balaban J connectivity index is 1.43. The van der Waals surface area contributed by atoms with Crippen LogP contribution in [0.25, 0.3) is 5.69 Å². The third-order valence-corrected chi connectivity index (χ3v) is 5.50. The molecule has 0 spiro atoms. The minimum absolute atomic E-state index is 0.00928. The molecule has 0 saturated carbocycles. The van der Waals surface area contributed by atoms with E-state index < -0.39 is 0 Å². The van der Waals surface area contributed by atoms with Crippen molar-refractivity contribution in [3.63, 3.8) is 0 Å². The molecule has 6 nitrogen and oxygen atoms in total. The number of benzene rings is 2. The number of anilines is 1. The van der Waals surface area contributed by atoms with Gasteiger partial charge in [-0.1, -0.05) is 41.9 Å². The number of amides is 1. The van der Waals surface area contributed by atoms with Crippen molar-refractivity contribution in [2.75, 3.05) is 31.1 Å². The number of piperazine rings is 1. The van der Waals surface area contributed by atoms with Gasteiger partial charge in [-0.05, 0) is 29.8 Å². The van der Waals surface area contributed by atoms with Crippen molar-refractivity contribution in [3.05, 3.63) is 87.6 Å². The van der Waals surface area contributed by atoms with Crippen molar-refractivity contribution >= 4 is 23.2 Å². The van der Waals surface area contributed by atoms with Crippen LogP contribution >= 0.6 is 11.6 Å². The highest BCUT2D eigenvalue weighted by atomic mass is 35.5. The highest BCUT2D eigenvalue weighted by Gasteiger charge is 2.24. The first-order chi connectivity index (χ1) is 14.5. The first-order valence-electron chi connectivity index (χ1n) is 9.63. The number of hydrogen-bond acceptors (Lipinski definition) is 4. The molecular formula is C22H20ClFN4O2. The molecule has 1 aliphatic rings. The summed E-state index contributed by atoms with van der Waals surface area (Å²) in [6.07, 6.45) is 1.82. The molecule has 0 aliphatic carbocycles. The molecule has 0 N–H and O–H groups in total. The third kappa shape index (κ3) is 4.21. The Hall–Kier alpha value is -3.19. The van der Waals surface area contributed by atoms with Gasteiger partial charge in [-0.2, -0.15) is 9.78 Å². The zero-order chi connectivity index (χ0) is 21.1. The van der Waals surface area contributed by atoms with Crippen molar-refractivity contribution in [1.29, 1.82) is 0 Å². The predicted molar refractivity (Wildman–Crippen MR) is 114 cm³/mol. The Kier molecular flexibility index (Phi) is 5.81. The first-order valence-corrected chi connectivity index (χ1v) is 10.0. The summed E-state index contributed by atoms with van der Waals surface area (Å²) in [7, 11) is 0. The molecular weight excluding hydrogens is 407 g/mol. The first kappa shape index (κ1) is 20.1. The maximum Gasteiger partial charge on any atom is 0.292 e. The van der Waals surface area contributed by atoms with E-state index in [2.05, 4.69) is 5.10 Å². The van der Waals surface area contributed by atoms with Gasteiger partial charge in [-0.3, -0.25) is 9.59 Å². The molecule has 1 saturated heterocycles. The van der Waals surface area contributed by atoms with Gasteiger partial charge in [0.1, 0.15) is 10.8 Å². The zero-order valence-electron chi connectivity index (χ0n) is 16.2. The Morgan fingerprint density at radius 1 is 1.00 bits per heavy atom. The number of carbonyl (C=O) groups excluding carboxylic acids is 1. The van der Waals surface area contributed by atoms with Crippen molar-refractivity contribution < 1.29 is 9.18 Å². The summed E-state index contributed by atoms with van der Waals surface area (Å²) in [6, 6.07) is 15.0. The Morgan fingerprint density at radius 3 is 2.33 bits per heavy atom. The van der Waals surface area contributed by atoms with Crippen molar-refractivity contribution in [2.45, 2.75) is 6.42 Å². The molecule has 2 aromatic carbocycles. The molecule has 4 rings (SSSR count). The van der Waals surface area contributed by atoms with Crippen LogP contribution in [0.5, 0.6) is 0 Å². The van der Waals surface area contributed by atoms with Gasteiger partial charge < -0.3 is 9.80 Å². The van der Waals surface area contributed by atoms with Crippen LogP contribution < -0.4 is 10.5 Å². The van der Waals surface area contributed by atoms with Gasteiger partial charge in [0.05, 0.1) is 24.0 Å². The second-order valence-corrected chi connectivity index (χ2v) is 7.45. The lowest BCUT2D eigenvalue weighted by Crippen LogP contribution is -2.49. The summed E-state index contributed by atoms with van der Waals surface area (Å²) < 4.78 is 14.3. The molecule has 0 unspecified atom stereocenters. The number of aromatic nitrogens is 2. The summed E-state index contributed by atoms with van der Waals surface area (Å²) in [6.45, 7) is 2.12. The standard InChI is InChI=1S/C22H20ClFN4O2/c23-21-19(15-25-28(22(21)30)18-4-2-1-3-5-18)26-10-12-27(13-11-26)20(29)14-16-6-8-17(24)9-7-16/h1-9,15H,10-14H2. The number of nitrogens with zero attached hydrogens (tertiary/aromatic N) is 4. The van der Waals surface area contributed by atoms with Crippen LogP contribution in [0.2, 0.25) is 5.02 Å². The van der Waals surface area contributed by atoms with E-state index in [1.165, 1.54) is 16.8 Å². The summed E-state index contributed by atoms with van der Waals surface area (Å²) in [5.41, 5.74) is 1.61. The average molecular weight is 427 g/mol. The van der Waals surface area contributed by atoms with Gasteiger partial charge in [-0.25, -0.2) is 4.39 Å². The lowest BCUT2D eigenvalue weighted by atomic mass is 10.1. The molecule has 1 fully saturated rings. The number of halogens is 2. The van der Waals surface area contributed by atoms with Crippen LogP contribution in [-0.4, -0.2) is 46.8 Å². The predicted octanol–water partition coefficient (Wildman–Crippen LogP) is 2.92. The fourth-order valence-corrected chi connectivity index (χ4v) is 3.73. The molecule has 1 aromatic heterocycles. The molecule has 3 aromatic rings. The minimum Gasteiger partial charge on any atom is -0.365 e. The summed E-state index contributed by atoms with van der Waals surface area (Å²) in [5.74, 6) is -0.329. The second kappa shape index (κ2) is 8.67. The molecule has 30 heavy (non-hydrogen) atoms. The largest absolute Gasteiger partial charge is 0.365 e. The minimum atomic E-state index is -0.379. The van der Waals surface area contributed by atoms with Gasteiger partial charge in [-0.15, -0.1) is 0 Å². The van der Waals surface area contributed by atoms with Gasteiger partial charge in [0, 0.05) is 26.2 Å². The second-order valence-electron chi connectivity index (χ2n) is 7.07. The molecule has 0 atom stereocenters. The maximum atomic E-state index is 13.0. The van der Waals surface area contributed by atoms with Gasteiger partial charge in [0.2, 0.25) is 5.91 Å². The summed E-state index contributed by atoms with van der Waals surface area (Å²) in [5, 5.41) is 4.38. The molecule has 154 valence electrons. The summed E-state index contributed by atoms with van der Waals surface area (Å²) in [4.78, 5) is 29.0. The lowest BCUT2D eigenvalue weighted by Gasteiger charge is -2.36. The molecule has 0 radical (unpaired) electrons. The fraction of sp³-hybridized carbons (Fsp3) is 0.227. The Morgan fingerprint density at radius 2 is 1.67 bits per heavy atom. The monoisotopic (exact) mass is 426 g/mol. The van der Waals surface area contributed by atoms with Crippen LogP contribution in [0.4, 0.5) is 10.1 Å². The van der Waals surface area contributed by atoms with Gasteiger partial charge in [0.25, 0.3) is 5.56 Å². The zero-order valence-corrected chi connectivity index (χ0v) is 16.9. The van der Waals surface area contributed by atoms with Crippen molar-refractivity contribution in [1.82, 2.24) is 14.7 Å². The van der Waals surface area contributed by atoms with Crippen LogP contribution in [-0.2, 0) is 11.2 Å². The fourth-order valence-electron chi connectivity index (χ4n) is 3.48. The van der Waals surface area contributed by atoms with E-state index in [-0.39, 0.29) is 28.7 Å². The highest BCUT2D eigenvalue weighted by Crippen LogP contribution is 2.23. The normalized spacial score (nSPS) is 14.1. The topological polar surface area (TPSA) is 58.4 Å². The number of para-hydroxylation sites is 1.